The lowest BCUT2D eigenvalue weighted by molar-refractivity contribution is 0.0918. The van der Waals surface area contributed by atoms with Gasteiger partial charge in [-0.05, 0) is 35.0 Å². The highest BCUT2D eigenvalue weighted by molar-refractivity contribution is 9.10. The number of benzene rings is 1. The average molecular weight is 276 g/mol. The number of halogens is 2. The van der Waals surface area contributed by atoms with E-state index in [0.717, 1.165) is 0 Å². The number of aliphatic hydroxyl groups excluding tert-OH is 1. The van der Waals surface area contributed by atoms with Gasteiger partial charge >= 0.3 is 0 Å². The molecule has 15 heavy (non-hydrogen) atoms. The standard InChI is InChI=1S/C10H11BrFNO2/c1-6(5-14)13-10(15)7-3-2-4-8(11)9(7)12/h2-4,6,14H,5H2,1H3,(H,13,15). The second-order valence-electron chi connectivity index (χ2n) is 3.16. The van der Waals surface area contributed by atoms with Crippen molar-refractivity contribution in [1.29, 1.82) is 0 Å². The molecule has 1 aromatic rings. The fourth-order valence-electron chi connectivity index (χ4n) is 1.03. The molecule has 3 nitrogen and oxygen atoms in total. The van der Waals surface area contributed by atoms with E-state index >= 15 is 0 Å². The Morgan fingerprint density at radius 3 is 2.93 bits per heavy atom. The lowest BCUT2D eigenvalue weighted by atomic mass is 10.2. The van der Waals surface area contributed by atoms with Gasteiger partial charge in [0, 0.05) is 6.04 Å². The van der Waals surface area contributed by atoms with Crippen molar-refractivity contribution in [2.75, 3.05) is 6.61 Å². The van der Waals surface area contributed by atoms with Crippen molar-refractivity contribution in [2.24, 2.45) is 0 Å². The van der Waals surface area contributed by atoms with Gasteiger partial charge in [-0.15, -0.1) is 0 Å². The smallest absolute Gasteiger partial charge is 0.254 e. The molecule has 0 saturated carbocycles. The van der Waals surface area contributed by atoms with Gasteiger partial charge in [0.15, 0.2) is 0 Å². The third kappa shape index (κ3) is 3.00. The molecule has 1 unspecified atom stereocenters. The molecule has 0 aromatic heterocycles. The number of amides is 1. The summed E-state index contributed by atoms with van der Waals surface area (Å²) in [6.45, 7) is 1.45. The number of carbonyl (C=O) groups is 1. The second-order valence-corrected chi connectivity index (χ2v) is 4.01. The van der Waals surface area contributed by atoms with Gasteiger partial charge in [0.2, 0.25) is 0 Å². The number of nitrogens with one attached hydrogen (secondary N) is 1. The zero-order valence-corrected chi connectivity index (χ0v) is 9.71. The van der Waals surface area contributed by atoms with Crippen LogP contribution < -0.4 is 5.32 Å². The first-order chi connectivity index (χ1) is 7.06. The van der Waals surface area contributed by atoms with Crippen LogP contribution in [0.25, 0.3) is 0 Å². The Kier molecular flexibility index (Phi) is 4.23. The fraction of sp³-hybridized carbons (Fsp3) is 0.300. The van der Waals surface area contributed by atoms with Crippen LogP contribution in [0.1, 0.15) is 17.3 Å². The highest BCUT2D eigenvalue weighted by Crippen LogP contribution is 2.18. The number of hydrogen-bond donors (Lipinski definition) is 2. The Bertz CT molecular complexity index is 370. The molecule has 82 valence electrons. The van der Waals surface area contributed by atoms with Gasteiger partial charge in [-0.25, -0.2) is 4.39 Å². The SMILES string of the molecule is CC(CO)NC(=O)c1cccc(Br)c1F. The van der Waals surface area contributed by atoms with Crippen LogP contribution >= 0.6 is 15.9 Å². The van der Waals surface area contributed by atoms with Gasteiger partial charge < -0.3 is 10.4 Å². The summed E-state index contributed by atoms with van der Waals surface area (Å²) < 4.78 is 13.7. The largest absolute Gasteiger partial charge is 0.394 e. The predicted octanol–water partition coefficient (Wildman–Crippen LogP) is 1.70. The van der Waals surface area contributed by atoms with Gasteiger partial charge in [-0.3, -0.25) is 4.79 Å². The summed E-state index contributed by atoms with van der Waals surface area (Å²) >= 11 is 2.99. The van der Waals surface area contributed by atoms with E-state index in [4.69, 9.17) is 5.11 Å². The molecule has 5 heteroatoms. The molecule has 0 saturated heterocycles. The van der Waals surface area contributed by atoms with Crippen molar-refractivity contribution in [3.63, 3.8) is 0 Å². The van der Waals surface area contributed by atoms with Crippen LogP contribution in [0.15, 0.2) is 22.7 Å². The lowest BCUT2D eigenvalue weighted by Gasteiger charge is -2.11. The van der Waals surface area contributed by atoms with Crippen molar-refractivity contribution in [3.05, 3.63) is 34.1 Å². The van der Waals surface area contributed by atoms with Crippen LogP contribution in [0.2, 0.25) is 0 Å². The average Bonchev–Trinajstić information content (AvgIpc) is 2.21. The summed E-state index contributed by atoms with van der Waals surface area (Å²) in [5, 5.41) is 11.2. The van der Waals surface area contributed by atoms with Crippen LogP contribution in [-0.4, -0.2) is 23.7 Å². The quantitative estimate of drug-likeness (QED) is 0.882. The van der Waals surface area contributed by atoms with E-state index in [0.29, 0.717) is 0 Å². The molecule has 0 fully saturated rings. The maximum Gasteiger partial charge on any atom is 0.254 e. The Morgan fingerprint density at radius 2 is 2.33 bits per heavy atom. The minimum Gasteiger partial charge on any atom is -0.394 e. The van der Waals surface area contributed by atoms with Crippen molar-refractivity contribution >= 4 is 21.8 Å². The van der Waals surface area contributed by atoms with Gasteiger partial charge in [0.25, 0.3) is 5.91 Å². The Balaban J connectivity index is 2.87. The zero-order chi connectivity index (χ0) is 11.4. The predicted molar refractivity (Wildman–Crippen MR) is 58.1 cm³/mol. The fourth-order valence-corrected chi connectivity index (χ4v) is 1.39. The summed E-state index contributed by atoms with van der Waals surface area (Å²) in [6.07, 6.45) is 0. The van der Waals surface area contributed by atoms with Crippen LogP contribution in [-0.2, 0) is 0 Å². The molecule has 0 aliphatic carbocycles. The van der Waals surface area contributed by atoms with Crippen molar-refractivity contribution < 1.29 is 14.3 Å². The Morgan fingerprint density at radius 1 is 1.67 bits per heavy atom. The normalized spacial score (nSPS) is 12.3. The van der Waals surface area contributed by atoms with Crippen LogP contribution in [0.3, 0.4) is 0 Å². The molecule has 1 aromatic carbocycles. The molecule has 1 amide bonds. The Hall–Kier alpha value is -0.940. The van der Waals surface area contributed by atoms with E-state index < -0.39 is 17.8 Å². The van der Waals surface area contributed by atoms with Gasteiger partial charge in [0.1, 0.15) is 5.82 Å². The molecule has 0 aliphatic heterocycles. The maximum absolute atomic E-state index is 13.4. The van der Waals surface area contributed by atoms with E-state index in [1.807, 2.05) is 0 Å². The van der Waals surface area contributed by atoms with Crippen LogP contribution in [0, 0.1) is 5.82 Å². The summed E-state index contributed by atoms with van der Waals surface area (Å²) in [4.78, 5) is 11.5. The molecular formula is C10H11BrFNO2. The van der Waals surface area contributed by atoms with Crippen LogP contribution in [0.4, 0.5) is 4.39 Å². The summed E-state index contributed by atoms with van der Waals surface area (Å²) in [5.41, 5.74) is -0.0373. The van der Waals surface area contributed by atoms with Crippen molar-refractivity contribution in [1.82, 2.24) is 5.32 Å². The third-order valence-electron chi connectivity index (χ3n) is 1.85. The topological polar surface area (TPSA) is 49.3 Å². The highest BCUT2D eigenvalue weighted by Gasteiger charge is 2.15. The first kappa shape index (κ1) is 12.1. The van der Waals surface area contributed by atoms with Crippen LogP contribution in [0.5, 0.6) is 0 Å². The lowest BCUT2D eigenvalue weighted by Crippen LogP contribution is -2.35. The summed E-state index contributed by atoms with van der Waals surface area (Å²) in [5.74, 6) is -1.13. The number of aliphatic hydroxyl groups is 1. The molecular weight excluding hydrogens is 265 g/mol. The molecule has 0 heterocycles. The third-order valence-corrected chi connectivity index (χ3v) is 2.46. The molecule has 1 rings (SSSR count). The molecule has 0 bridgehead atoms. The number of carbonyl (C=O) groups excluding carboxylic acids is 1. The second kappa shape index (κ2) is 5.23. The van der Waals surface area contributed by atoms with E-state index in [-0.39, 0.29) is 16.6 Å². The summed E-state index contributed by atoms with van der Waals surface area (Å²) in [7, 11) is 0. The number of hydrogen-bond acceptors (Lipinski definition) is 2. The number of rotatable bonds is 3. The minimum absolute atomic E-state index is 0.0373. The zero-order valence-electron chi connectivity index (χ0n) is 8.13. The minimum atomic E-state index is -0.597. The molecule has 2 N–H and O–H groups in total. The molecule has 0 radical (unpaired) electrons. The van der Waals surface area contributed by atoms with Crippen molar-refractivity contribution in [2.45, 2.75) is 13.0 Å². The monoisotopic (exact) mass is 275 g/mol. The van der Waals surface area contributed by atoms with E-state index in [9.17, 15) is 9.18 Å². The van der Waals surface area contributed by atoms with E-state index in [2.05, 4.69) is 21.2 Å². The Labute approximate surface area is 95.4 Å². The maximum atomic E-state index is 13.4. The first-order valence-corrected chi connectivity index (χ1v) is 5.21. The van der Waals surface area contributed by atoms with Gasteiger partial charge in [0.05, 0.1) is 16.6 Å². The van der Waals surface area contributed by atoms with Gasteiger partial charge in [-0.1, -0.05) is 6.07 Å². The first-order valence-electron chi connectivity index (χ1n) is 4.42. The van der Waals surface area contributed by atoms with E-state index in [1.54, 1.807) is 13.0 Å². The van der Waals surface area contributed by atoms with Crippen molar-refractivity contribution in [3.8, 4) is 0 Å². The summed E-state index contributed by atoms with van der Waals surface area (Å²) in [6, 6.07) is 4.09. The molecule has 0 aliphatic rings. The molecule has 1 atom stereocenters. The molecule has 0 spiro atoms. The van der Waals surface area contributed by atoms with Gasteiger partial charge in [-0.2, -0.15) is 0 Å². The van der Waals surface area contributed by atoms with E-state index in [1.165, 1.54) is 12.1 Å². The highest BCUT2D eigenvalue weighted by atomic mass is 79.9.